The molecule has 1 saturated carbocycles. The second kappa shape index (κ2) is 10.9. The number of hydrogen-bond acceptors (Lipinski definition) is 4. The van der Waals surface area contributed by atoms with Crippen LogP contribution < -0.4 is 10.6 Å². The number of methoxy groups -OCH3 is 1. The van der Waals surface area contributed by atoms with Crippen LogP contribution in [0.1, 0.15) is 44.9 Å². The van der Waals surface area contributed by atoms with E-state index in [0.717, 1.165) is 32.1 Å². The Morgan fingerprint density at radius 1 is 1.15 bits per heavy atom. The molecule has 2 N–H and O–H groups in total. The highest BCUT2D eigenvalue weighted by Gasteiger charge is 2.30. The third-order valence-electron chi connectivity index (χ3n) is 3.72. The maximum atomic E-state index is 11.9. The molecule has 0 radical (unpaired) electrons. The largest absolute Gasteiger partial charge is 0.469 e. The van der Waals surface area contributed by atoms with Gasteiger partial charge >= 0.3 is 5.97 Å². The number of nitrogens with one attached hydrogen (secondary N) is 2. The number of hydrogen-bond donors (Lipinski definition) is 2. The van der Waals surface area contributed by atoms with Crippen LogP contribution in [0.5, 0.6) is 0 Å². The van der Waals surface area contributed by atoms with Gasteiger partial charge in [0, 0.05) is 19.0 Å². The Labute approximate surface area is 127 Å². The summed E-state index contributed by atoms with van der Waals surface area (Å²) in [5.41, 5.74) is 0. The van der Waals surface area contributed by atoms with E-state index in [2.05, 4.69) is 10.6 Å². The van der Waals surface area contributed by atoms with Gasteiger partial charge in [-0.15, -0.1) is 12.4 Å². The van der Waals surface area contributed by atoms with E-state index in [1.54, 1.807) is 0 Å². The second-order valence-electron chi connectivity index (χ2n) is 5.15. The van der Waals surface area contributed by atoms with Gasteiger partial charge in [0.15, 0.2) is 0 Å². The van der Waals surface area contributed by atoms with Crippen LogP contribution in [-0.4, -0.2) is 38.6 Å². The van der Waals surface area contributed by atoms with Gasteiger partial charge in [0.2, 0.25) is 5.91 Å². The lowest BCUT2D eigenvalue weighted by molar-refractivity contribution is -0.147. The van der Waals surface area contributed by atoms with Gasteiger partial charge in [0.25, 0.3) is 0 Å². The second-order valence-corrected chi connectivity index (χ2v) is 5.15. The molecule has 1 aliphatic carbocycles. The first kappa shape index (κ1) is 19.2. The molecule has 5 nitrogen and oxygen atoms in total. The average molecular weight is 307 g/mol. The zero-order chi connectivity index (χ0) is 14.1. The molecule has 0 aromatic carbocycles. The zero-order valence-corrected chi connectivity index (χ0v) is 13.3. The smallest absolute Gasteiger partial charge is 0.310 e. The van der Waals surface area contributed by atoms with E-state index >= 15 is 0 Å². The van der Waals surface area contributed by atoms with Gasteiger partial charge in [0.05, 0.1) is 13.0 Å². The monoisotopic (exact) mass is 306 g/mol. The third kappa shape index (κ3) is 6.57. The molecule has 20 heavy (non-hydrogen) atoms. The summed E-state index contributed by atoms with van der Waals surface area (Å²) in [6.45, 7) is 0.654. The first-order valence-electron chi connectivity index (χ1n) is 7.20. The van der Waals surface area contributed by atoms with Crippen molar-refractivity contribution in [3.05, 3.63) is 0 Å². The fourth-order valence-corrected chi connectivity index (χ4v) is 2.61. The van der Waals surface area contributed by atoms with Crippen LogP contribution in [0, 0.1) is 5.92 Å². The van der Waals surface area contributed by atoms with Crippen LogP contribution in [0.3, 0.4) is 0 Å². The first-order valence-corrected chi connectivity index (χ1v) is 7.20. The lowest BCUT2D eigenvalue weighted by Gasteiger charge is -2.28. The summed E-state index contributed by atoms with van der Waals surface area (Å²) in [6, 6.07) is -0.0721. The summed E-state index contributed by atoms with van der Waals surface area (Å²) in [6.07, 6.45) is 6.55. The van der Waals surface area contributed by atoms with Gasteiger partial charge in [-0.3, -0.25) is 9.59 Å². The number of rotatable bonds is 5. The summed E-state index contributed by atoms with van der Waals surface area (Å²) < 4.78 is 4.88. The van der Waals surface area contributed by atoms with Gasteiger partial charge < -0.3 is 15.4 Å². The van der Waals surface area contributed by atoms with Crippen molar-refractivity contribution in [2.75, 3.05) is 20.7 Å². The van der Waals surface area contributed by atoms with Crippen molar-refractivity contribution in [1.82, 2.24) is 10.6 Å². The lowest BCUT2D eigenvalue weighted by Crippen LogP contribution is -2.44. The number of amides is 1. The van der Waals surface area contributed by atoms with Gasteiger partial charge in [-0.25, -0.2) is 0 Å². The molecule has 2 unspecified atom stereocenters. The number of carbonyl (C=O) groups excluding carboxylic acids is 2. The van der Waals surface area contributed by atoms with Crippen molar-refractivity contribution in [3.63, 3.8) is 0 Å². The normalized spacial score (nSPS) is 22.9. The standard InChI is InChI=1S/C14H26N2O3.ClH/c1-15-10-9-13(17)16-12-8-6-4-3-5-7-11(12)14(18)19-2;/h11-12,15H,3-10H2,1-2H3,(H,16,17);1H. The van der Waals surface area contributed by atoms with E-state index in [1.165, 1.54) is 13.5 Å². The van der Waals surface area contributed by atoms with E-state index in [1.807, 2.05) is 7.05 Å². The Balaban J connectivity index is 0.00000361. The van der Waals surface area contributed by atoms with Gasteiger partial charge in [-0.1, -0.05) is 25.7 Å². The summed E-state index contributed by atoms with van der Waals surface area (Å²) >= 11 is 0. The summed E-state index contributed by atoms with van der Waals surface area (Å²) in [7, 11) is 3.24. The van der Waals surface area contributed by atoms with Gasteiger partial charge in [-0.05, 0) is 19.9 Å². The number of carbonyl (C=O) groups is 2. The molecule has 1 rings (SSSR count). The van der Waals surface area contributed by atoms with E-state index in [-0.39, 0.29) is 36.2 Å². The van der Waals surface area contributed by atoms with Crippen LogP contribution in [0.25, 0.3) is 0 Å². The summed E-state index contributed by atoms with van der Waals surface area (Å²) in [4.78, 5) is 23.7. The summed E-state index contributed by atoms with van der Waals surface area (Å²) in [5, 5.41) is 5.96. The minimum atomic E-state index is -0.194. The molecule has 0 aliphatic heterocycles. The maximum Gasteiger partial charge on any atom is 0.310 e. The first-order chi connectivity index (χ1) is 9.19. The molecule has 0 spiro atoms. The van der Waals surface area contributed by atoms with Crippen LogP contribution in [0.2, 0.25) is 0 Å². The SMILES string of the molecule is CNCCC(=O)NC1CCCCCCC1C(=O)OC.Cl. The van der Waals surface area contributed by atoms with E-state index in [9.17, 15) is 9.59 Å². The average Bonchev–Trinajstić information content (AvgIpc) is 2.39. The highest BCUT2D eigenvalue weighted by atomic mass is 35.5. The van der Waals surface area contributed by atoms with Crippen LogP contribution in [0.4, 0.5) is 0 Å². The highest BCUT2D eigenvalue weighted by molar-refractivity contribution is 5.85. The molecule has 1 fully saturated rings. The minimum Gasteiger partial charge on any atom is -0.469 e. The predicted molar refractivity (Wildman–Crippen MR) is 80.9 cm³/mol. The van der Waals surface area contributed by atoms with Crippen LogP contribution in [-0.2, 0) is 14.3 Å². The Morgan fingerprint density at radius 2 is 1.80 bits per heavy atom. The quantitative estimate of drug-likeness (QED) is 0.758. The van der Waals surface area contributed by atoms with Crippen molar-refractivity contribution in [3.8, 4) is 0 Å². The fourth-order valence-electron chi connectivity index (χ4n) is 2.61. The lowest BCUT2D eigenvalue weighted by atomic mass is 9.86. The molecular weight excluding hydrogens is 280 g/mol. The van der Waals surface area contributed by atoms with E-state index in [0.29, 0.717) is 13.0 Å². The third-order valence-corrected chi connectivity index (χ3v) is 3.72. The molecule has 118 valence electrons. The van der Waals surface area contributed by atoms with Crippen molar-refractivity contribution < 1.29 is 14.3 Å². The van der Waals surface area contributed by atoms with Gasteiger partial charge in [-0.2, -0.15) is 0 Å². The highest BCUT2D eigenvalue weighted by Crippen LogP contribution is 2.24. The predicted octanol–water partition coefficient (Wildman–Crippen LogP) is 1.65. The molecule has 0 aromatic heterocycles. The maximum absolute atomic E-state index is 11.9. The number of ether oxygens (including phenoxy) is 1. The Hall–Kier alpha value is -0.810. The van der Waals surface area contributed by atoms with E-state index in [4.69, 9.17) is 4.74 Å². The topological polar surface area (TPSA) is 67.4 Å². The molecule has 0 bridgehead atoms. The van der Waals surface area contributed by atoms with Gasteiger partial charge in [0.1, 0.15) is 0 Å². The fraction of sp³-hybridized carbons (Fsp3) is 0.857. The van der Waals surface area contributed by atoms with Crippen LogP contribution in [0.15, 0.2) is 0 Å². The molecule has 0 heterocycles. The van der Waals surface area contributed by atoms with Crippen molar-refractivity contribution in [2.45, 2.75) is 51.0 Å². The molecule has 6 heteroatoms. The van der Waals surface area contributed by atoms with Crippen LogP contribution >= 0.6 is 12.4 Å². The van der Waals surface area contributed by atoms with Crippen molar-refractivity contribution >= 4 is 24.3 Å². The Kier molecular flexibility index (Phi) is 10.5. The molecular formula is C14H27ClN2O3. The molecule has 2 atom stereocenters. The molecule has 0 saturated heterocycles. The van der Waals surface area contributed by atoms with E-state index < -0.39 is 0 Å². The zero-order valence-electron chi connectivity index (χ0n) is 12.4. The van der Waals surface area contributed by atoms with Crippen molar-refractivity contribution in [1.29, 1.82) is 0 Å². The molecule has 1 aliphatic rings. The molecule has 1 amide bonds. The van der Waals surface area contributed by atoms with Crippen molar-refractivity contribution in [2.24, 2.45) is 5.92 Å². The number of esters is 1. The Morgan fingerprint density at radius 3 is 2.40 bits per heavy atom. The Bertz CT molecular complexity index is 300. The summed E-state index contributed by atoms with van der Waals surface area (Å²) in [5.74, 6) is -0.376. The number of halogens is 1. The minimum absolute atomic E-state index is 0. The molecule has 0 aromatic rings.